The van der Waals surface area contributed by atoms with Gasteiger partial charge in [0.2, 0.25) is 10.0 Å². The van der Waals surface area contributed by atoms with Crippen LogP contribution in [0.5, 0.6) is 17.2 Å². The summed E-state index contributed by atoms with van der Waals surface area (Å²) in [5.74, 6) is 1.76. The lowest BCUT2D eigenvalue weighted by molar-refractivity contribution is 0.0772. The van der Waals surface area contributed by atoms with Crippen LogP contribution >= 0.6 is 0 Å². The molecular weight excluding hydrogens is 420 g/mol. The number of hydrogen-bond donors (Lipinski definition) is 1. The minimum atomic E-state index is -3.54. The normalized spacial score (nSPS) is 14.1. The van der Waals surface area contributed by atoms with Gasteiger partial charge in [0.05, 0.1) is 31.8 Å². The molecule has 1 aliphatic heterocycles. The third-order valence-corrected chi connectivity index (χ3v) is 6.64. The number of hydrogen-bond acceptors (Lipinski definition) is 6. The van der Waals surface area contributed by atoms with Gasteiger partial charge in [-0.05, 0) is 43.3 Å². The molecule has 0 spiro atoms. The molecule has 2 aromatic rings. The fourth-order valence-electron chi connectivity index (χ4n) is 3.48. The number of benzene rings is 2. The minimum absolute atomic E-state index is 0.117. The van der Waals surface area contributed by atoms with E-state index >= 15 is 0 Å². The molecule has 3 rings (SSSR count). The Morgan fingerprint density at radius 2 is 1.61 bits per heavy atom. The molecule has 0 unspecified atom stereocenters. The van der Waals surface area contributed by atoms with Crippen molar-refractivity contribution in [1.82, 2.24) is 9.62 Å². The van der Waals surface area contributed by atoms with E-state index in [0.717, 1.165) is 11.1 Å². The third kappa shape index (κ3) is 4.67. The molecule has 0 fully saturated rings. The van der Waals surface area contributed by atoms with E-state index < -0.39 is 10.0 Å². The molecule has 1 heterocycles. The highest BCUT2D eigenvalue weighted by Crippen LogP contribution is 2.40. The molecule has 0 radical (unpaired) electrons. The molecule has 8 nitrogen and oxygen atoms in total. The van der Waals surface area contributed by atoms with Gasteiger partial charge >= 0.3 is 0 Å². The van der Waals surface area contributed by atoms with Gasteiger partial charge in [0.25, 0.3) is 5.91 Å². The predicted octanol–water partition coefficient (Wildman–Crippen LogP) is 2.55. The smallest absolute Gasteiger partial charge is 0.254 e. The van der Waals surface area contributed by atoms with E-state index in [4.69, 9.17) is 14.2 Å². The van der Waals surface area contributed by atoms with E-state index in [1.54, 1.807) is 38.4 Å². The fourth-order valence-corrected chi connectivity index (χ4v) is 4.21. The predicted molar refractivity (Wildman–Crippen MR) is 117 cm³/mol. The van der Waals surface area contributed by atoms with Gasteiger partial charge in [-0.1, -0.05) is 6.08 Å². The zero-order valence-corrected chi connectivity index (χ0v) is 18.8. The van der Waals surface area contributed by atoms with Gasteiger partial charge in [-0.2, -0.15) is 0 Å². The van der Waals surface area contributed by atoms with Gasteiger partial charge in [-0.25, -0.2) is 13.1 Å². The van der Waals surface area contributed by atoms with E-state index in [1.807, 2.05) is 6.08 Å². The molecule has 0 aliphatic carbocycles. The quantitative estimate of drug-likeness (QED) is 0.703. The summed E-state index contributed by atoms with van der Waals surface area (Å²) < 4.78 is 42.4. The lowest BCUT2D eigenvalue weighted by Gasteiger charge is -2.28. The summed E-state index contributed by atoms with van der Waals surface area (Å²) in [5, 5.41) is 0. The Balaban J connectivity index is 1.81. The summed E-state index contributed by atoms with van der Waals surface area (Å²) in [6, 6.07) is 9.52. The SMILES string of the molecule is CNS(=O)(=O)c1ccc(C(=O)N2CC=C(c3c(OC)cc(OC)cc3OC)CC2)cc1. The number of carbonyl (C=O) groups excluding carboxylic acids is 1. The number of carbonyl (C=O) groups is 1. The lowest BCUT2D eigenvalue weighted by Crippen LogP contribution is -2.34. The van der Waals surface area contributed by atoms with Crippen molar-refractivity contribution in [3.05, 3.63) is 53.6 Å². The van der Waals surface area contributed by atoms with E-state index in [1.165, 1.54) is 31.3 Å². The number of amides is 1. The highest BCUT2D eigenvalue weighted by atomic mass is 32.2. The van der Waals surface area contributed by atoms with E-state index in [-0.39, 0.29) is 10.8 Å². The first-order chi connectivity index (χ1) is 14.8. The van der Waals surface area contributed by atoms with Crippen LogP contribution < -0.4 is 18.9 Å². The van der Waals surface area contributed by atoms with Gasteiger partial charge in [0, 0.05) is 30.8 Å². The first kappa shape index (κ1) is 22.6. The number of rotatable bonds is 7. The Morgan fingerprint density at radius 1 is 1.00 bits per heavy atom. The molecule has 0 aromatic heterocycles. The maximum absolute atomic E-state index is 12.9. The van der Waals surface area contributed by atoms with Crippen molar-refractivity contribution in [2.75, 3.05) is 41.5 Å². The van der Waals surface area contributed by atoms with Gasteiger partial charge in [0.15, 0.2) is 0 Å². The number of nitrogens with one attached hydrogen (secondary N) is 1. The Bertz CT molecular complexity index is 1070. The van der Waals surface area contributed by atoms with Crippen LogP contribution in [0, 0.1) is 0 Å². The summed E-state index contributed by atoms with van der Waals surface area (Å²) in [7, 11) is 2.57. The van der Waals surface area contributed by atoms with Gasteiger partial charge in [0.1, 0.15) is 17.2 Å². The number of sulfonamides is 1. The van der Waals surface area contributed by atoms with Crippen LogP contribution in [0.15, 0.2) is 47.4 Å². The van der Waals surface area contributed by atoms with Crippen molar-refractivity contribution in [2.24, 2.45) is 0 Å². The van der Waals surface area contributed by atoms with Crippen LogP contribution in [0.4, 0.5) is 0 Å². The van der Waals surface area contributed by atoms with Crippen molar-refractivity contribution < 1.29 is 27.4 Å². The van der Waals surface area contributed by atoms with Crippen LogP contribution in [0.25, 0.3) is 5.57 Å². The Morgan fingerprint density at radius 3 is 2.06 bits per heavy atom. The summed E-state index contributed by atoms with van der Waals surface area (Å²) in [6.07, 6.45) is 2.60. The average Bonchev–Trinajstić information content (AvgIpc) is 2.82. The van der Waals surface area contributed by atoms with Crippen molar-refractivity contribution in [3.8, 4) is 17.2 Å². The van der Waals surface area contributed by atoms with Crippen molar-refractivity contribution in [1.29, 1.82) is 0 Å². The number of methoxy groups -OCH3 is 3. The third-order valence-electron chi connectivity index (χ3n) is 5.21. The summed E-state index contributed by atoms with van der Waals surface area (Å²) in [6.45, 7) is 0.933. The average molecular weight is 447 g/mol. The Hall–Kier alpha value is -3.04. The molecule has 1 N–H and O–H groups in total. The van der Waals surface area contributed by atoms with Crippen molar-refractivity contribution in [2.45, 2.75) is 11.3 Å². The van der Waals surface area contributed by atoms with Crippen LogP contribution in [0.3, 0.4) is 0 Å². The van der Waals surface area contributed by atoms with Crippen LogP contribution in [0.2, 0.25) is 0 Å². The zero-order chi connectivity index (χ0) is 22.6. The summed E-state index contributed by atoms with van der Waals surface area (Å²) in [4.78, 5) is 14.7. The first-order valence-electron chi connectivity index (χ1n) is 9.67. The monoisotopic (exact) mass is 446 g/mol. The summed E-state index contributed by atoms with van der Waals surface area (Å²) in [5.41, 5.74) is 2.31. The fraction of sp³-hybridized carbons (Fsp3) is 0.318. The van der Waals surface area contributed by atoms with Crippen molar-refractivity contribution in [3.63, 3.8) is 0 Å². The van der Waals surface area contributed by atoms with E-state index in [9.17, 15) is 13.2 Å². The van der Waals surface area contributed by atoms with Gasteiger partial charge in [-0.3, -0.25) is 4.79 Å². The maximum Gasteiger partial charge on any atom is 0.254 e. The van der Waals surface area contributed by atoms with Crippen LogP contribution in [-0.4, -0.2) is 60.7 Å². The highest BCUT2D eigenvalue weighted by Gasteiger charge is 2.24. The molecule has 0 atom stereocenters. The van der Waals surface area contributed by atoms with Gasteiger partial charge < -0.3 is 19.1 Å². The van der Waals surface area contributed by atoms with Gasteiger partial charge in [-0.15, -0.1) is 0 Å². The number of ether oxygens (including phenoxy) is 3. The second-order valence-corrected chi connectivity index (χ2v) is 8.76. The molecule has 2 aromatic carbocycles. The molecule has 166 valence electrons. The molecule has 1 aliphatic rings. The molecule has 0 saturated heterocycles. The highest BCUT2D eigenvalue weighted by molar-refractivity contribution is 7.89. The molecular formula is C22H26N2O6S. The Labute approximate surface area is 182 Å². The summed E-state index contributed by atoms with van der Waals surface area (Å²) >= 11 is 0. The minimum Gasteiger partial charge on any atom is -0.496 e. The zero-order valence-electron chi connectivity index (χ0n) is 18.0. The second-order valence-electron chi connectivity index (χ2n) is 6.87. The van der Waals surface area contributed by atoms with E-state index in [0.29, 0.717) is 42.3 Å². The molecule has 31 heavy (non-hydrogen) atoms. The molecule has 9 heteroatoms. The maximum atomic E-state index is 12.9. The Kier molecular flexibility index (Phi) is 6.87. The second kappa shape index (κ2) is 9.40. The molecule has 1 amide bonds. The number of nitrogens with zero attached hydrogens (tertiary/aromatic N) is 1. The van der Waals surface area contributed by atoms with Crippen LogP contribution in [-0.2, 0) is 10.0 Å². The lowest BCUT2D eigenvalue weighted by atomic mass is 9.96. The van der Waals surface area contributed by atoms with Crippen LogP contribution in [0.1, 0.15) is 22.3 Å². The van der Waals surface area contributed by atoms with E-state index in [2.05, 4.69) is 4.72 Å². The molecule has 0 bridgehead atoms. The largest absolute Gasteiger partial charge is 0.496 e. The topological polar surface area (TPSA) is 94.2 Å². The molecule has 0 saturated carbocycles. The first-order valence-corrected chi connectivity index (χ1v) is 11.1. The van der Waals surface area contributed by atoms with Crippen molar-refractivity contribution >= 4 is 21.5 Å². The standard InChI is InChI=1S/C22H26N2O6S/c1-23-31(26,27)18-7-5-16(6-8-18)22(25)24-11-9-15(10-12-24)21-19(29-3)13-17(28-2)14-20(21)30-4/h5-9,13-14,23H,10-12H2,1-4H3.